The summed E-state index contributed by atoms with van der Waals surface area (Å²) in [6.45, 7) is 1.91. The van der Waals surface area contributed by atoms with Crippen LogP contribution >= 0.6 is 11.3 Å². The number of rotatable bonds is 2. The number of fused-ring (bicyclic) bond motifs is 1. The average Bonchev–Trinajstić information content (AvgIpc) is 3.15. The Labute approximate surface area is 132 Å². The first kappa shape index (κ1) is 13.7. The number of hydrogen-bond donors (Lipinski definition) is 1. The summed E-state index contributed by atoms with van der Waals surface area (Å²) in [5, 5.41) is 3.72. The second kappa shape index (κ2) is 5.35. The van der Waals surface area contributed by atoms with Crippen molar-refractivity contribution in [1.82, 2.24) is 10.3 Å². The maximum atomic E-state index is 13.3. The molecule has 0 saturated carbocycles. The van der Waals surface area contributed by atoms with Crippen molar-refractivity contribution in [1.29, 1.82) is 0 Å². The molecule has 2 aliphatic heterocycles. The lowest BCUT2D eigenvalue weighted by molar-refractivity contribution is 0.0950. The second-order valence-electron chi connectivity index (χ2n) is 5.68. The highest BCUT2D eigenvalue weighted by molar-refractivity contribution is 7.17. The van der Waals surface area contributed by atoms with Crippen molar-refractivity contribution in [3.8, 4) is 10.6 Å². The largest absolute Gasteiger partial charge is 0.369 e. The van der Waals surface area contributed by atoms with Gasteiger partial charge in [0.1, 0.15) is 16.1 Å². The number of nitrogens with one attached hydrogen (secondary N) is 1. The van der Waals surface area contributed by atoms with Crippen LogP contribution in [-0.2, 0) is 6.42 Å². The minimum absolute atomic E-state index is 0.0207. The quantitative estimate of drug-likeness (QED) is 0.926. The van der Waals surface area contributed by atoms with Crippen LogP contribution in [0, 0.1) is 0 Å². The van der Waals surface area contributed by atoms with E-state index in [1.807, 2.05) is 24.3 Å². The fraction of sp³-hybridized carbons (Fsp3) is 0.375. The summed E-state index contributed by atoms with van der Waals surface area (Å²) < 4.78 is 13.3. The first-order valence-corrected chi connectivity index (χ1v) is 8.30. The number of aromatic nitrogens is 1. The van der Waals surface area contributed by atoms with Gasteiger partial charge in [0, 0.05) is 37.3 Å². The van der Waals surface area contributed by atoms with E-state index in [1.54, 1.807) is 0 Å². The molecule has 3 heterocycles. The predicted octanol–water partition coefficient (Wildman–Crippen LogP) is 2.64. The highest BCUT2D eigenvalue weighted by atomic mass is 32.1. The molecule has 1 aromatic heterocycles. The maximum Gasteiger partial charge on any atom is 0.263 e. The average molecular weight is 317 g/mol. The fourth-order valence-corrected chi connectivity index (χ4v) is 4.00. The number of benzene rings is 1. The first-order valence-electron chi connectivity index (χ1n) is 7.48. The van der Waals surface area contributed by atoms with Gasteiger partial charge in [-0.1, -0.05) is 0 Å². The lowest BCUT2D eigenvalue weighted by atomic mass is 10.2. The van der Waals surface area contributed by atoms with Gasteiger partial charge in [0.15, 0.2) is 0 Å². The molecule has 0 aliphatic carbocycles. The third kappa shape index (κ3) is 2.37. The van der Waals surface area contributed by atoms with Gasteiger partial charge in [-0.15, -0.1) is 11.3 Å². The third-order valence-electron chi connectivity index (χ3n) is 4.16. The zero-order valence-corrected chi connectivity index (χ0v) is 12.8. The molecule has 1 atom stereocenters. The van der Waals surface area contributed by atoms with Crippen molar-refractivity contribution >= 4 is 22.9 Å². The molecule has 6 heteroatoms. The predicted molar refractivity (Wildman–Crippen MR) is 85.3 cm³/mol. The Kier molecular flexibility index (Phi) is 3.33. The number of thiazole rings is 1. The Morgan fingerprint density at radius 3 is 2.82 bits per heavy atom. The lowest BCUT2D eigenvalue weighted by Gasteiger charge is -2.17. The van der Waals surface area contributed by atoms with Gasteiger partial charge >= 0.3 is 0 Å². The molecular weight excluding hydrogens is 301 g/mol. The van der Waals surface area contributed by atoms with Gasteiger partial charge in [-0.3, -0.25) is 4.79 Å². The van der Waals surface area contributed by atoms with Crippen LogP contribution < -0.4 is 10.2 Å². The molecule has 1 fully saturated rings. The van der Waals surface area contributed by atoms with Crippen LogP contribution in [0.25, 0.3) is 10.6 Å². The van der Waals surface area contributed by atoms with Crippen LogP contribution in [0.5, 0.6) is 0 Å². The number of carbonyl (C=O) groups is 1. The Hall–Kier alpha value is -1.95. The number of anilines is 1. The maximum absolute atomic E-state index is 13.3. The van der Waals surface area contributed by atoms with Crippen LogP contribution in [0.1, 0.15) is 21.8 Å². The van der Waals surface area contributed by atoms with Crippen molar-refractivity contribution in [3.05, 3.63) is 34.8 Å². The number of halogens is 1. The Morgan fingerprint density at radius 1 is 1.32 bits per heavy atom. The summed E-state index contributed by atoms with van der Waals surface area (Å²) in [5.41, 5.74) is 2.95. The summed E-state index contributed by atoms with van der Waals surface area (Å²) in [5.74, 6) is -0.0207. The third-order valence-corrected chi connectivity index (χ3v) is 5.31. The van der Waals surface area contributed by atoms with Crippen LogP contribution in [0.4, 0.5) is 10.1 Å². The van der Waals surface area contributed by atoms with E-state index in [0.717, 1.165) is 39.8 Å². The molecular formula is C16H16FN3OS. The number of carbonyl (C=O) groups excluding carboxylic acids is 1. The van der Waals surface area contributed by atoms with Crippen molar-refractivity contribution in [2.24, 2.45) is 0 Å². The van der Waals surface area contributed by atoms with Gasteiger partial charge in [-0.05, 0) is 30.7 Å². The molecule has 0 radical (unpaired) electrons. The molecule has 2 aromatic rings. The van der Waals surface area contributed by atoms with E-state index in [9.17, 15) is 9.18 Å². The molecule has 1 aromatic carbocycles. The molecule has 1 saturated heterocycles. The molecule has 1 amide bonds. The van der Waals surface area contributed by atoms with Crippen molar-refractivity contribution in [2.75, 3.05) is 24.5 Å². The van der Waals surface area contributed by atoms with E-state index in [1.165, 1.54) is 11.3 Å². The first-order chi connectivity index (χ1) is 10.7. The van der Waals surface area contributed by atoms with E-state index in [0.29, 0.717) is 19.5 Å². The lowest BCUT2D eigenvalue weighted by Crippen LogP contribution is -2.30. The van der Waals surface area contributed by atoms with Crippen molar-refractivity contribution in [2.45, 2.75) is 19.0 Å². The van der Waals surface area contributed by atoms with Crippen LogP contribution in [-0.4, -0.2) is 36.7 Å². The molecule has 1 N–H and O–H groups in total. The fourth-order valence-electron chi connectivity index (χ4n) is 2.96. The van der Waals surface area contributed by atoms with Gasteiger partial charge in [-0.25, -0.2) is 9.37 Å². The van der Waals surface area contributed by atoms with E-state index >= 15 is 0 Å². The number of hydrogen-bond acceptors (Lipinski definition) is 4. The smallest absolute Gasteiger partial charge is 0.263 e. The molecule has 114 valence electrons. The van der Waals surface area contributed by atoms with Gasteiger partial charge < -0.3 is 10.2 Å². The SMILES string of the molecule is O=C1NCCc2nc(-c3ccc(N4CC[C@H](F)C4)cc3)sc21. The summed E-state index contributed by atoms with van der Waals surface area (Å²) in [6, 6.07) is 8.02. The second-order valence-corrected chi connectivity index (χ2v) is 6.68. The van der Waals surface area contributed by atoms with Crippen molar-refractivity contribution < 1.29 is 9.18 Å². The Balaban J connectivity index is 1.60. The standard InChI is InChI=1S/C16H16FN3OS/c17-11-6-8-20(9-11)12-3-1-10(2-4-12)16-19-13-5-7-18-15(21)14(13)22-16/h1-4,11H,5-9H2,(H,18,21)/t11-/m0/s1. The van der Waals surface area contributed by atoms with Crippen LogP contribution in [0.2, 0.25) is 0 Å². The minimum Gasteiger partial charge on any atom is -0.369 e. The zero-order chi connectivity index (χ0) is 15.1. The molecule has 0 bridgehead atoms. The Morgan fingerprint density at radius 2 is 2.14 bits per heavy atom. The number of nitrogens with zero attached hydrogens (tertiary/aromatic N) is 2. The normalized spacial score (nSPS) is 20.9. The van der Waals surface area contributed by atoms with Gasteiger partial charge in [0.2, 0.25) is 0 Å². The van der Waals surface area contributed by atoms with E-state index < -0.39 is 6.17 Å². The minimum atomic E-state index is -0.719. The Bertz CT molecular complexity index is 713. The van der Waals surface area contributed by atoms with Crippen LogP contribution in [0.15, 0.2) is 24.3 Å². The molecule has 4 rings (SSSR count). The molecule has 22 heavy (non-hydrogen) atoms. The molecule has 2 aliphatic rings. The van der Waals surface area contributed by atoms with Crippen LogP contribution in [0.3, 0.4) is 0 Å². The van der Waals surface area contributed by atoms with E-state index in [2.05, 4.69) is 15.2 Å². The number of amides is 1. The number of alkyl halides is 1. The topological polar surface area (TPSA) is 45.2 Å². The summed E-state index contributed by atoms with van der Waals surface area (Å²) in [7, 11) is 0. The summed E-state index contributed by atoms with van der Waals surface area (Å²) in [4.78, 5) is 19.2. The monoisotopic (exact) mass is 317 g/mol. The zero-order valence-electron chi connectivity index (χ0n) is 12.0. The highest BCUT2D eigenvalue weighted by Gasteiger charge is 2.23. The highest BCUT2D eigenvalue weighted by Crippen LogP contribution is 2.31. The van der Waals surface area contributed by atoms with Crippen molar-refractivity contribution in [3.63, 3.8) is 0 Å². The van der Waals surface area contributed by atoms with Gasteiger partial charge in [-0.2, -0.15) is 0 Å². The van der Waals surface area contributed by atoms with E-state index in [4.69, 9.17) is 0 Å². The summed E-state index contributed by atoms with van der Waals surface area (Å²) >= 11 is 1.44. The molecule has 0 unspecified atom stereocenters. The van der Waals surface area contributed by atoms with Gasteiger partial charge in [0.05, 0.1) is 5.69 Å². The molecule has 0 spiro atoms. The van der Waals surface area contributed by atoms with E-state index in [-0.39, 0.29) is 5.91 Å². The summed E-state index contributed by atoms with van der Waals surface area (Å²) in [6.07, 6.45) is 0.682. The van der Waals surface area contributed by atoms with Gasteiger partial charge in [0.25, 0.3) is 5.91 Å². The molecule has 4 nitrogen and oxygen atoms in total.